The van der Waals surface area contributed by atoms with Crippen LogP contribution in [0, 0.1) is 0 Å². The van der Waals surface area contributed by atoms with Crippen LogP contribution in [-0.2, 0) is 18.0 Å². The Morgan fingerprint density at radius 2 is 1.71 bits per heavy atom. The van der Waals surface area contributed by atoms with Gasteiger partial charge in [-0.15, -0.1) is 0 Å². The molecule has 0 radical (unpaired) electrons. The molecule has 0 aromatic rings. The number of carbonyl (C=O) groups is 1. The minimum Gasteiger partial charge on any atom is -0.443 e. The summed E-state index contributed by atoms with van der Waals surface area (Å²) in [5, 5.41) is 2.16. The van der Waals surface area contributed by atoms with Gasteiger partial charge in [-0.2, -0.15) is 8.78 Å². The summed E-state index contributed by atoms with van der Waals surface area (Å²) < 4.78 is 68.0. The van der Waals surface area contributed by atoms with Crippen molar-refractivity contribution in [1.29, 1.82) is 0 Å². The van der Waals surface area contributed by atoms with Crippen LogP contribution in [0.2, 0.25) is 6.04 Å². The summed E-state index contributed by atoms with van der Waals surface area (Å²) in [7, 11) is 1.51. The highest BCUT2D eigenvalue weighted by molar-refractivity contribution is 6.60. The van der Waals surface area contributed by atoms with Crippen molar-refractivity contribution in [2.75, 3.05) is 34.5 Å². The Morgan fingerprint density at radius 3 is 2.14 bits per heavy atom. The lowest BCUT2D eigenvalue weighted by molar-refractivity contribution is -0.153. The standard InChI is InChI=1S/C10H19F4NO5Si/c1-17-21(18-2,19-3)6-4-5-15-9(16)20-7-10(13,14)8(11)12/h8H,4-7H2,1-3H3,(H,15,16). The van der Waals surface area contributed by atoms with E-state index in [4.69, 9.17) is 13.3 Å². The molecule has 0 spiro atoms. The fourth-order valence-corrected chi connectivity index (χ4v) is 3.05. The quantitative estimate of drug-likeness (QED) is 0.375. The van der Waals surface area contributed by atoms with E-state index in [0.717, 1.165) is 0 Å². The lowest BCUT2D eigenvalue weighted by atomic mass is 10.4. The Labute approximate surface area is 121 Å². The average Bonchev–Trinajstić information content (AvgIpc) is 2.46. The summed E-state index contributed by atoms with van der Waals surface area (Å²) in [6.07, 6.45) is -4.71. The van der Waals surface area contributed by atoms with Crippen molar-refractivity contribution in [3.8, 4) is 0 Å². The van der Waals surface area contributed by atoms with Crippen molar-refractivity contribution in [2.24, 2.45) is 0 Å². The van der Waals surface area contributed by atoms with Gasteiger partial charge in [0.1, 0.15) is 0 Å². The Kier molecular flexibility index (Phi) is 8.78. The normalized spacial score (nSPS) is 12.6. The van der Waals surface area contributed by atoms with E-state index in [9.17, 15) is 22.4 Å². The maximum atomic E-state index is 12.5. The van der Waals surface area contributed by atoms with Crippen molar-refractivity contribution in [2.45, 2.75) is 24.8 Å². The maximum Gasteiger partial charge on any atom is 0.500 e. The Hall–Kier alpha value is -0.913. The number of hydrogen-bond acceptors (Lipinski definition) is 5. The first-order valence-electron chi connectivity index (χ1n) is 5.95. The van der Waals surface area contributed by atoms with Gasteiger partial charge in [-0.1, -0.05) is 0 Å². The fourth-order valence-electron chi connectivity index (χ4n) is 1.33. The third kappa shape index (κ3) is 7.06. The number of rotatable bonds is 10. The van der Waals surface area contributed by atoms with Crippen LogP contribution in [0.3, 0.4) is 0 Å². The molecule has 126 valence electrons. The Bertz CT molecular complexity index is 310. The molecule has 1 N–H and O–H groups in total. The predicted octanol–water partition coefficient (Wildman–Crippen LogP) is 1.88. The van der Waals surface area contributed by atoms with Crippen LogP contribution in [0.5, 0.6) is 0 Å². The number of carbonyl (C=O) groups excluding carboxylic acids is 1. The molecule has 0 atom stereocenters. The molecule has 0 heterocycles. The topological polar surface area (TPSA) is 66.0 Å². The van der Waals surface area contributed by atoms with Crippen LogP contribution in [0.1, 0.15) is 6.42 Å². The van der Waals surface area contributed by atoms with Crippen LogP contribution in [0.25, 0.3) is 0 Å². The van der Waals surface area contributed by atoms with Gasteiger partial charge < -0.3 is 23.3 Å². The molecule has 0 bridgehead atoms. The SMILES string of the molecule is CO[Si](CCCNC(=O)OCC(F)(F)C(F)F)(OC)OC. The maximum absolute atomic E-state index is 12.5. The zero-order valence-corrected chi connectivity index (χ0v) is 13.0. The van der Waals surface area contributed by atoms with Crippen molar-refractivity contribution in [3.63, 3.8) is 0 Å². The largest absolute Gasteiger partial charge is 0.500 e. The van der Waals surface area contributed by atoms with E-state index in [2.05, 4.69) is 10.1 Å². The molecule has 0 saturated heterocycles. The number of nitrogens with one attached hydrogen (secondary N) is 1. The highest BCUT2D eigenvalue weighted by Crippen LogP contribution is 2.22. The number of halogens is 4. The number of alkyl halides is 4. The third-order valence-electron chi connectivity index (χ3n) is 2.58. The Balaban J connectivity index is 3.96. The van der Waals surface area contributed by atoms with E-state index >= 15 is 0 Å². The first-order chi connectivity index (χ1) is 9.73. The van der Waals surface area contributed by atoms with Gasteiger partial charge in [0.15, 0.2) is 6.61 Å². The predicted molar refractivity (Wildman–Crippen MR) is 66.5 cm³/mol. The van der Waals surface area contributed by atoms with Crippen LogP contribution in [0.4, 0.5) is 22.4 Å². The highest BCUT2D eigenvalue weighted by atomic mass is 28.4. The monoisotopic (exact) mass is 337 g/mol. The summed E-state index contributed by atoms with van der Waals surface area (Å²) in [5.74, 6) is -4.36. The highest BCUT2D eigenvalue weighted by Gasteiger charge is 2.42. The smallest absolute Gasteiger partial charge is 0.443 e. The van der Waals surface area contributed by atoms with Crippen LogP contribution >= 0.6 is 0 Å². The molecular weight excluding hydrogens is 318 g/mol. The van der Waals surface area contributed by atoms with Gasteiger partial charge in [-0.3, -0.25) is 0 Å². The summed E-state index contributed by atoms with van der Waals surface area (Å²) in [5.41, 5.74) is 0. The molecule has 6 nitrogen and oxygen atoms in total. The minimum absolute atomic E-state index is 0.0733. The molecule has 0 fully saturated rings. The third-order valence-corrected chi connectivity index (χ3v) is 5.41. The van der Waals surface area contributed by atoms with Crippen molar-refractivity contribution >= 4 is 14.9 Å². The van der Waals surface area contributed by atoms with Crippen LogP contribution in [-0.4, -0.2) is 61.7 Å². The van der Waals surface area contributed by atoms with Gasteiger partial charge in [-0.05, 0) is 6.42 Å². The number of hydrogen-bond donors (Lipinski definition) is 1. The first kappa shape index (κ1) is 20.1. The van der Waals surface area contributed by atoms with E-state index in [1.165, 1.54) is 21.3 Å². The summed E-state index contributed by atoms with van der Waals surface area (Å²) in [4.78, 5) is 11.1. The van der Waals surface area contributed by atoms with Crippen molar-refractivity contribution in [3.05, 3.63) is 0 Å². The van der Waals surface area contributed by atoms with E-state index in [1.807, 2.05) is 0 Å². The minimum atomic E-state index is -4.36. The zero-order chi connectivity index (χ0) is 16.5. The molecule has 0 aliphatic heterocycles. The molecule has 0 aromatic carbocycles. The molecule has 0 unspecified atom stereocenters. The van der Waals surface area contributed by atoms with Gasteiger partial charge in [0, 0.05) is 33.9 Å². The Morgan fingerprint density at radius 1 is 1.19 bits per heavy atom. The molecule has 0 aliphatic rings. The first-order valence-corrected chi connectivity index (χ1v) is 7.88. The zero-order valence-electron chi connectivity index (χ0n) is 12.0. The molecule has 11 heteroatoms. The lowest BCUT2D eigenvalue weighted by Crippen LogP contribution is -2.43. The van der Waals surface area contributed by atoms with E-state index in [1.54, 1.807) is 0 Å². The molecular formula is C10H19F4NO5Si. The van der Waals surface area contributed by atoms with Crippen molar-refractivity contribution in [1.82, 2.24) is 5.32 Å². The van der Waals surface area contributed by atoms with Crippen LogP contribution < -0.4 is 5.32 Å². The molecule has 0 saturated carbocycles. The number of amides is 1. The molecule has 0 aliphatic carbocycles. The summed E-state index contributed by atoms with van der Waals surface area (Å²) in [6.45, 7) is -1.60. The molecule has 1 amide bonds. The summed E-state index contributed by atoms with van der Waals surface area (Å²) >= 11 is 0. The fraction of sp³-hybridized carbons (Fsp3) is 0.900. The second-order valence-electron chi connectivity index (χ2n) is 3.96. The molecule has 0 aromatic heterocycles. The number of alkyl carbamates (subject to hydrolysis) is 1. The summed E-state index contributed by atoms with van der Waals surface area (Å²) in [6, 6.07) is 0.379. The van der Waals surface area contributed by atoms with Gasteiger partial charge in [0.2, 0.25) is 0 Å². The van der Waals surface area contributed by atoms with Gasteiger partial charge in [0.25, 0.3) is 0 Å². The van der Waals surface area contributed by atoms with E-state index < -0.39 is 33.9 Å². The second-order valence-corrected chi connectivity index (χ2v) is 7.05. The van der Waals surface area contributed by atoms with Gasteiger partial charge in [-0.25, -0.2) is 13.6 Å². The second kappa shape index (κ2) is 9.18. The molecule has 21 heavy (non-hydrogen) atoms. The number of ether oxygens (including phenoxy) is 1. The van der Waals surface area contributed by atoms with E-state index in [-0.39, 0.29) is 6.54 Å². The van der Waals surface area contributed by atoms with Gasteiger partial charge in [0.05, 0.1) is 0 Å². The van der Waals surface area contributed by atoms with Crippen molar-refractivity contribution < 1.29 is 40.4 Å². The van der Waals surface area contributed by atoms with E-state index in [0.29, 0.717) is 12.5 Å². The van der Waals surface area contributed by atoms with Gasteiger partial charge >= 0.3 is 27.2 Å². The van der Waals surface area contributed by atoms with Crippen LogP contribution in [0.15, 0.2) is 0 Å². The molecule has 0 rings (SSSR count). The lowest BCUT2D eigenvalue weighted by Gasteiger charge is -2.24. The average molecular weight is 337 g/mol.